The Hall–Kier alpha value is -3.61. The molecular formula is C23H24N4O3. The molecule has 0 unspecified atom stereocenters. The number of anilines is 1. The molecule has 2 amide bonds. The number of nitrogens with one attached hydrogen (secondary N) is 1. The Morgan fingerprint density at radius 2 is 1.93 bits per heavy atom. The van der Waals surface area contributed by atoms with Gasteiger partial charge in [-0.3, -0.25) is 14.3 Å². The third-order valence-electron chi connectivity index (χ3n) is 5.12. The van der Waals surface area contributed by atoms with E-state index in [0.717, 1.165) is 17.5 Å². The van der Waals surface area contributed by atoms with E-state index >= 15 is 0 Å². The van der Waals surface area contributed by atoms with E-state index in [1.165, 1.54) is 0 Å². The van der Waals surface area contributed by atoms with Gasteiger partial charge in [0.2, 0.25) is 0 Å². The van der Waals surface area contributed by atoms with E-state index in [1.54, 1.807) is 42.1 Å². The van der Waals surface area contributed by atoms with Crippen molar-refractivity contribution in [3.8, 4) is 5.75 Å². The lowest BCUT2D eigenvalue weighted by atomic mass is 10.1. The summed E-state index contributed by atoms with van der Waals surface area (Å²) in [6.45, 7) is 3.83. The van der Waals surface area contributed by atoms with Crippen molar-refractivity contribution in [1.29, 1.82) is 0 Å². The molecule has 4 rings (SSSR count). The highest BCUT2D eigenvalue weighted by molar-refractivity contribution is 6.04. The molecule has 1 aliphatic heterocycles. The average molecular weight is 404 g/mol. The highest BCUT2D eigenvalue weighted by Gasteiger charge is 2.26. The van der Waals surface area contributed by atoms with Crippen molar-refractivity contribution in [3.05, 3.63) is 77.1 Å². The minimum Gasteiger partial charge on any atom is -0.497 e. The van der Waals surface area contributed by atoms with Crippen LogP contribution in [0.2, 0.25) is 0 Å². The van der Waals surface area contributed by atoms with Crippen LogP contribution in [0.15, 0.2) is 54.6 Å². The average Bonchev–Trinajstić information content (AvgIpc) is 3.12. The minimum absolute atomic E-state index is 0.106. The van der Waals surface area contributed by atoms with Crippen molar-refractivity contribution in [2.24, 2.45) is 0 Å². The fourth-order valence-electron chi connectivity index (χ4n) is 3.60. The molecule has 0 atom stereocenters. The molecule has 0 radical (unpaired) electrons. The van der Waals surface area contributed by atoms with E-state index in [2.05, 4.69) is 16.5 Å². The standard InChI is InChI=1S/C23H24N4O3/c1-16-5-3-6-17(13-16)15-26-11-4-12-27-21(23(26)29)14-20(25-27)22(28)24-18-7-9-19(30-2)10-8-18/h3,5-10,13-14H,4,11-12,15H2,1-2H3,(H,24,28). The van der Waals surface area contributed by atoms with Crippen LogP contribution in [0.3, 0.4) is 0 Å². The number of aromatic nitrogens is 2. The lowest BCUT2D eigenvalue weighted by Crippen LogP contribution is -2.30. The van der Waals surface area contributed by atoms with Gasteiger partial charge in [0.05, 0.1) is 7.11 Å². The van der Waals surface area contributed by atoms with Crippen LogP contribution in [0.5, 0.6) is 5.75 Å². The molecule has 2 heterocycles. The molecule has 30 heavy (non-hydrogen) atoms. The van der Waals surface area contributed by atoms with Crippen molar-refractivity contribution < 1.29 is 14.3 Å². The van der Waals surface area contributed by atoms with Crippen molar-refractivity contribution in [3.63, 3.8) is 0 Å². The first-order valence-corrected chi connectivity index (χ1v) is 9.91. The number of ether oxygens (including phenoxy) is 1. The molecule has 0 aliphatic carbocycles. The van der Waals surface area contributed by atoms with E-state index < -0.39 is 0 Å². The van der Waals surface area contributed by atoms with Gasteiger partial charge in [-0.25, -0.2) is 0 Å². The molecule has 1 aromatic heterocycles. The van der Waals surface area contributed by atoms with Crippen LogP contribution in [0, 0.1) is 6.92 Å². The molecule has 7 heteroatoms. The highest BCUT2D eigenvalue weighted by atomic mass is 16.5. The quantitative estimate of drug-likeness (QED) is 0.706. The summed E-state index contributed by atoms with van der Waals surface area (Å²) in [4.78, 5) is 27.6. The van der Waals surface area contributed by atoms with Gasteiger partial charge in [-0.15, -0.1) is 0 Å². The van der Waals surface area contributed by atoms with Gasteiger partial charge < -0.3 is 15.0 Å². The van der Waals surface area contributed by atoms with Gasteiger partial charge in [-0.05, 0) is 43.2 Å². The maximum atomic E-state index is 13.1. The number of rotatable bonds is 5. The number of methoxy groups -OCH3 is 1. The van der Waals surface area contributed by atoms with Crippen molar-refractivity contribution in [2.45, 2.75) is 26.4 Å². The molecule has 0 fully saturated rings. The summed E-state index contributed by atoms with van der Waals surface area (Å²) in [6, 6.07) is 16.8. The van der Waals surface area contributed by atoms with E-state index in [1.807, 2.05) is 30.0 Å². The zero-order valence-electron chi connectivity index (χ0n) is 17.1. The Labute approximate surface area is 175 Å². The molecule has 154 valence electrons. The Bertz CT molecular complexity index is 1070. The lowest BCUT2D eigenvalue weighted by Gasteiger charge is -2.20. The molecule has 0 saturated heterocycles. The summed E-state index contributed by atoms with van der Waals surface area (Å²) < 4.78 is 6.77. The second-order valence-electron chi connectivity index (χ2n) is 7.39. The number of fused-ring (bicyclic) bond motifs is 1. The SMILES string of the molecule is COc1ccc(NC(=O)c2cc3n(n2)CCCN(Cc2cccc(C)c2)C3=O)cc1. The first-order valence-electron chi connectivity index (χ1n) is 9.91. The number of aryl methyl sites for hydroxylation is 2. The van der Waals surface area contributed by atoms with Gasteiger partial charge in [-0.2, -0.15) is 5.10 Å². The van der Waals surface area contributed by atoms with Gasteiger partial charge in [0.1, 0.15) is 11.4 Å². The highest BCUT2D eigenvalue weighted by Crippen LogP contribution is 2.19. The van der Waals surface area contributed by atoms with Crippen LogP contribution in [-0.2, 0) is 13.1 Å². The van der Waals surface area contributed by atoms with E-state index in [0.29, 0.717) is 36.8 Å². The molecule has 0 bridgehead atoms. The van der Waals surface area contributed by atoms with E-state index in [9.17, 15) is 9.59 Å². The number of hydrogen-bond acceptors (Lipinski definition) is 4. The Morgan fingerprint density at radius 3 is 2.67 bits per heavy atom. The van der Waals surface area contributed by atoms with Gasteiger partial charge in [0.25, 0.3) is 11.8 Å². The normalized spacial score (nSPS) is 13.5. The largest absolute Gasteiger partial charge is 0.497 e. The molecule has 2 aromatic carbocycles. The second-order valence-corrected chi connectivity index (χ2v) is 7.39. The topological polar surface area (TPSA) is 76.5 Å². The number of amides is 2. The van der Waals surface area contributed by atoms with Crippen LogP contribution < -0.4 is 10.1 Å². The summed E-state index contributed by atoms with van der Waals surface area (Å²) in [7, 11) is 1.59. The Balaban J connectivity index is 1.51. The van der Waals surface area contributed by atoms with E-state index in [4.69, 9.17) is 4.74 Å². The van der Waals surface area contributed by atoms with Crippen LogP contribution in [0.4, 0.5) is 5.69 Å². The molecular weight excluding hydrogens is 380 g/mol. The number of hydrogen-bond donors (Lipinski definition) is 1. The third-order valence-corrected chi connectivity index (χ3v) is 5.12. The van der Waals surface area contributed by atoms with Gasteiger partial charge >= 0.3 is 0 Å². The van der Waals surface area contributed by atoms with Crippen LogP contribution in [0.1, 0.15) is 38.5 Å². The fourth-order valence-corrected chi connectivity index (χ4v) is 3.60. The lowest BCUT2D eigenvalue weighted by molar-refractivity contribution is 0.0745. The summed E-state index contributed by atoms with van der Waals surface area (Å²) in [6.07, 6.45) is 0.784. The van der Waals surface area contributed by atoms with Crippen molar-refractivity contribution >= 4 is 17.5 Å². The zero-order chi connectivity index (χ0) is 21.1. The smallest absolute Gasteiger partial charge is 0.276 e. The predicted octanol–water partition coefficient (Wildman–Crippen LogP) is 3.50. The number of carbonyl (C=O) groups excluding carboxylic acids is 2. The summed E-state index contributed by atoms with van der Waals surface area (Å²) >= 11 is 0. The Morgan fingerprint density at radius 1 is 1.13 bits per heavy atom. The number of benzene rings is 2. The van der Waals surface area contributed by atoms with Crippen LogP contribution >= 0.6 is 0 Å². The molecule has 7 nitrogen and oxygen atoms in total. The maximum absolute atomic E-state index is 13.1. The fraction of sp³-hybridized carbons (Fsp3) is 0.261. The Kier molecular flexibility index (Phi) is 5.52. The number of carbonyl (C=O) groups is 2. The van der Waals surface area contributed by atoms with Crippen molar-refractivity contribution in [1.82, 2.24) is 14.7 Å². The predicted molar refractivity (Wildman–Crippen MR) is 114 cm³/mol. The first-order chi connectivity index (χ1) is 14.5. The second kappa shape index (κ2) is 8.41. The summed E-state index contributed by atoms with van der Waals surface area (Å²) in [5.41, 5.74) is 3.56. The van der Waals surface area contributed by atoms with Crippen LogP contribution in [0.25, 0.3) is 0 Å². The first kappa shape index (κ1) is 19.7. The summed E-state index contributed by atoms with van der Waals surface area (Å²) in [5, 5.41) is 7.19. The molecule has 1 aliphatic rings. The molecule has 0 saturated carbocycles. The van der Waals surface area contributed by atoms with Gasteiger partial charge in [0, 0.05) is 31.4 Å². The zero-order valence-corrected chi connectivity index (χ0v) is 17.1. The molecule has 3 aromatic rings. The molecule has 0 spiro atoms. The number of nitrogens with zero attached hydrogens (tertiary/aromatic N) is 3. The third kappa shape index (κ3) is 4.20. The van der Waals surface area contributed by atoms with E-state index in [-0.39, 0.29) is 17.5 Å². The minimum atomic E-state index is -0.348. The molecule has 1 N–H and O–H groups in total. The van der Waals surface area contributed by atoms with Gasteiger partial charge in [-0.1, -0.05) is 29.8 Å². The maximum Gasteiger partial charge on any atom is 0.276 e. The monoisotopic (exact) mass is 404 g/mol. The van der Waals surface area contributed by atoms with Crippen molar-refractivity contribution in [2.75, 3.05) is 19.0 Å². The van der Waals surface area contributed by atoms with Crippen LogP contribution in [-0.4, -0.2) is 40.1 Å². The van der Waals surface area contributed by atoms with Gasteiger partial charge in [0.15, 0.2) is 5.69 Å². The summed E-state index contributed by atoms with van der Waals surface area (Å²) in [5.74, 6) is 0.254.